The summed E-state index contributed by atoms with van der Waals surface area (Å²) in [6.45, 7) is 6.29. The number of ether oxygens (including phenoxy) is 3. The number of carbonyl (C=O) groups excluding carboxylic acids is 2. The maximum absolute atomic E-state index is 13.1. The fourth-order valence-electron chi connectivity index (χ4n) is 3.61. The number of hydrogen-bond donors (Lipinski definition) is 0. The highest BCUT2D eigenvalue weighted by molar-refractivity contribution is 6.26. The summed E-state index contributed by atoms with van der Waals surface area (Å²) in [6.07, 6.45) is 1.02. The summed E-state index contributed by atoms with van der Waals surface area (Å²) in [4.78, 5) is 25.1. The van der Waals surface area contributed by atoms with Gasteiger partial charge >= 0.3 is 11.9 Å². The van der Waals surface area contributed by atoms with Gasteiger partial charge < -0.3 is 14.2 Å². The maximum atomic E-state index is 13.1. The number of methoxy groups -OCH3 is 1. The van der Waals surface area contributed by atoms with E-state index in [1.54, 1.807) is 31.4 Å². The predicted molar refractivity (Wildman–Crippen MR) is 94.6 cm³/mol. The highest BCUT2D eigenvalue weighted by Gasteiger charge is 2.67. The first-order valence-corrected chi connectivity index (χ1v) is 8.80. The highest BCUT2D eigenvalue weighted by Crippen LogP contribution is 2.60. The molecule has 0 aliphatic heterocycles. The van der Waals surface area contributed by atoms with Gasteiger partial charge in [0.1, 0.15) is 11.6 Å². The van der Waals surface area contributed by atoms with Crippen molar-refractivity contribution in [2.45, 2.75) is 39.2 Å². The van der Waals surface area contributed by atoms with Crippen molar-refractivity contribution in [3.05, 3.63) is 30.3 Å². The van der Waals surface area contributed by atoms with E-state index >= 15 is 0 Å². The van der Waals surface area contributed by atoms with E-state index in [-0.39, 0.29) is 11.3 Å². The van der Waals surface area contributed by atoms with Crippen LogP contribution in [-0.2, 0) is 19.1 Å². The van der Waals surface area contributed by atoms with Gasteiger partial charge in [0, 0.05) is 17.9 Å². The van der Waals surface area contributed by atoms with Crippen LogP contribution in [-0.4, -0.2) is 37.1 Å². The fourth-order valence-corrected chi connectivity index (χ4v) is 3.67. The standard InChI is InChI=1S/C19H25ClO5/c1-17(2)18(3,13-23-4)10-11-19(17,25-15(21)12-20)16(22)24-14-8-6-5-7-9-14/h5-9H,10-13H2,1-4H3/t18-,19+/m0/s1. The average molecular weight is 369 g/mol. The van der Waals surface area contributed by atoms with E-state index in [0.29, 0.717) is 25.2 Å². The maximum Gasteiger partial charge on any atom is 0.356 e. The summed E-state index contributed by atoms with van der Waals surface area (Å²) in [7, 11) is 1.62. The van der Waals surface area contributed by atoms with E-state index in [1.165, 1.54) is 0 Å². The van der Waals surface area contributed by atoms with E-state index in [2.05, 4.69) is 0 Å². The molecule has 6 heteroatoms. The first-order chi connectivity index (χ1) is 11.7. The zero-order valence-electron chi connectivity index (χ0n) is 15.1. The van der Waals surface area contributed by atoms with E-state index in [9.17, 15) is 9.59 Å². The Morgan fingerprint density at radius 1 is 1.12 bits per heavy atom. The van der Waals surface area contributed by atoms with Gasteiger partial charge in [-0.1, -0.05) is 39.0 Å². The largest absolute Gasteiger partial charge is 0.445 e. The Kier molecular flexibility index (Phi) is 5.79. The molecule has 0 N–H and O–H groups in total. The topological polar surface area (TPSA) is 61.8 Å². The predicted octanol–water partition coefficient (Wildman–Crippen LogP) is 3.59. The van der Waals surface area contributed by atoms with Crippen molar-refractivity contribution in [3.8, 4) is 5.75 Å². The molecule has 0 saturated heterocycles. The molecule has 0 heterocycles. The lowest BCUT2D eigenvalue weighted by atomic mass is 9.64. The zero-order chi connectivity index (χ0) is 18.7. The molecule has 138 valence electrons. The summed E-state index contributed by atoms with van der Waals surface area (Å²) in [5.41, 5.74) is -2.48. The van der Waals surface area contributed by atoms with E-state index in [4.69, 9.17) is 25.8 Å². The number of rotatable bonds is 6. The zero-order valence-corrected chi connectivity index (χ0v) is 15.9. The molecule has 5 nitrogen and oxygen atoms in total. The minimum atomic E-state index is -1.41. The van der Waals surface area contributed by atoms with Gasteiger partial charge in [0.15, 0.2) is 0 Å². The Morgan fingerprint density at radius 3 is 2.32 bits per heavy atom. The Balaban J connectivity index is 2.41. The molecule has 0 radical (unpaired) electrons. The summed E-state index contributed by atoms with van der Waals surface area (Å²) >= 11 is 5.63. The summed E-state index contributed by atoms with van der Waals surface area (Å²) in [5.74, 6) is -1.13. The third-order valence-electron chi connectivity index (χ3n) is 5.69. The number of para-hydroxylation sites is 1. The molecule has 0 unspecified atom stereocenters. The molecular formula is C19H25ClO5. The second-order valence-corrected chi connectivity index (χ2v) is 7.52. The van der Waals surface area contributed by atoms with Crippen molar-refractivity contribution in [1.82, 2.24) is 0 Å². The number of alkyl halides is 1. The lowest BCUT2D eigenvalue weighted by Crippen LogP contribution is -2.57. The molecule has 0 aromatic heterocycles. The molecule has 1 saturated carbocycles. The van der Waals surface area contributed by atoms with Crippen LogP contribution in [0.3, 0.4) is 0 Å². The van der Waals surface area contributed by atoms with E-state index in [1.807, 2.05) is 26.8 Å². The molecule has 1 aromatic carbocycles. The van der Waals surface area contributed by atoms with Crippen LogP contribution in [0.5, 0.6) is 5.75 Å². The lowest BCUT2D eigenvalue weighted by molar-refractivity contribution is -0.193. The van der Waals surface area contributed by atoms with Crippen molar-refractivity contribution in [1.29, 1.82) is 0 Å². The summed E-state index contributed by atoms with van der Waals surface area (Å²) < 4.78 is 16.6. The van der Waals surface area contributed by atoms with Crippen molar-refractivity contribution < 1.29 is 23.8 Å². The molecule has 1 fully saturated rings. The quantitative estimate of drug-likeness (QED) is 0.436. The third-order valence-corrected chi connectivity index (χ3v) is 5.91. The first-order valence-electron chi connectivity index (χ1n) is 8.26. The van der Waals surface area contributed by atoms with Crippen LogP contribution >= 0.6 is 11.6 Å². The van der Waals surface area contributed by atoms with Gasteiger partial charge in [-0.3, -0.25) is 4.79 Å². The number of benzene rings is 1. The Labute approximate surface area is 153 Å². The Morgan fingerprint density at radius 2 is 1.76 bits per heavy atom. The lowest BCUT2D eigenvalue weighted by Gasteiger charge is -2.45. The van der Waals surface area contributed by atoms with Crippen LogP contribution in [0.2, 0.25) is 0 Å². The second-order valence-electron chi connectivity index (χ2n) is 7.26. The van der Waals surface area contributed by atoms with Gasteiger partial charge in [0.2, 0.25) is 5.60 Å². The van der Waals surface area contributed by atoms with Gasteiger partial charge in [-0.05, 0) is 25.0 Å². The van der Waals surface area contributed by atoms with Crippen LogP contribution in [0.15, 0.2) is 30.3 Å². The first kappa shape index (κ1) is 19.7. The van der Waals surface area contributed by atoms with Crippen LogP contribution in [0.1, 0.15) is 33.6 Å². The average Bonchev–Trinajstić information content (AvgIpc) is 2.77. The minimum Gasteiger partial charge on any atom is -0.445 e. The summed E-state index contributed by atoms with van der Waals surface area (Å²) in [5, 5.41) is 0. The number of hydrogen-bond acceptors (Lipinski definition) is 5. The number of halogens is 1. The van der Waals surface area contributed by atoms with Gasteiger partial charge in [-0.2, -0.15) is 0 Å². The van der Waals surface area contributed by atoms with Gasteiger partial charge in [-0.25, -0.2) is 4.79 Å². The van der Waals surface area contributed by atoms with Crippen LogP contribution in [0.25, 0.3) is 0 Å². The third kappa shape index (κ3) is 3.40. The molecular weight excluding hydrogens is 344 g/mol. The second kappa shape index (κ2) is 7.34. The molecule has 1 aromatic rings. The monoisotopic (exact) mass is 368 g/mol. The van der Waals surface area contributed by atoms with Crippen molar-refractivity contribution in [2.24, 2.45) is 10.8 Å². The normalized spacial score (nSPS) is 27.7. The molecule has 2 atom stereocenters. The molecule has 0 amide bonds. The van der Waals surface area contributed by atoms with Gasteiger partial charge in [0.25, 0.3) is 0 Å². The molecule has 1 aliphatic rings. The van der Waals surface area contributed by atoms with Crippen molar-refractivity contribution in [3.63, 3.8) is 0 Å². The Hall–Kier alpha value is -1.59. The van der Waals surface area contributed by atoms with Crippen molar-refractivity contribution >= 4 is 23.5 Å². The smallest absolute Gasteiger partial charge is 0.356 e. The summed E-state index contributed by atoms with van der Waals surface area (Å²) in [6, 6.07) is 8.75. The highest BCUT2D eigenvalue weighted by atomic mass is 35.5. The molecule has 0 bridgehead atoms. The van der Waals surface area contributed by atoms with Crippen LogP contribution < -0.4 is 4.74 Å². The molecule has 0 spiro atoms. The fraction of sp³-hybridized carbons (Fsp3) is 0.579. The number of carbonyl (C=O) groups is 2. The van der Waals surface area contributed by atoms with Crippen molar-refractivity contribution in [2.75, 3.05) is 19.6 Å². The molecule has 2 rings (SSSR count). The molecule has 1 aliphatic carbocycles. The minimum absolute atomic E-state index is 0.322. The Bertz CT molecular complexity index is 630. The van der Waals surface area contributed by atoms with E-state index < -0.39 is 23.0 Å². The van der Waals surface area contributed by atoms with E-state index in [0.717, 1.165) is 0 Å². The van der Waals surface area contributed by atoms with Crippen LogP contribution in [0, 0.1) is 10.8 Å². The SMILES string of the molecule is COC[C@]1(C)CC[C@@](OC(=O)CCl)(C(=O)Oc2ccccc2)C1(C)C. The number of esters is 2. The van der Waals surface area contributed by atoms with Crippen LogP contribution in [0.4, 0.5) is 0 Å². The molecule has 25 heavy (non-hydrogen) atoms. The van der Waals surface area contributed by atoms with Gasteiger partial charge in [0.05, 0.1) is 6.61 Å². The van der Waals surface area contributed by atoms with Gasteiger partial charge in [-0.15, -0.1) is 11.6 Å².